The third-order valence-electron chi connectivity index (χ3n) is 4.50. The Morgan fingerprint density at radius 3 is 2.61 bits per heavy atom. The minimum atomic E-state index is -0.242. The molecule has 0 saturated carbocycles. The van der Waals surface area contributed by atoms with Crippen LogP contribution in [-0.4, -0.2) is 29.5 Å². The van der Waals surface area contributed by atoms with Crippen LogP contribution in [0.2, 0.25) is 0 Å². The molecule has 144 valence electrons. The maximum absolute atomic E-state index is 12.3. The highest BCUT2D eigenvalue weighted by Crippen LogP contribution is 2.18. The van der Waals surface area contributed by atoms with Crippen LogP contribution in [0.5, 0.6) is 5.75 Å². The van der Waals surface area contributed by atoms with Gasteiger partial charge < -0.3 is 15.4 Å². The highest BCUT2D eigenvalue weighted by Gasteiger charge is 2.08. The van der Waals surface area contributed by atoms with Crippen LogP contribution >= 0.6 is 0 Å². The molecular formula is C22H24N4O2. The van der Waals surface area contributed by atoms with Gasteiger partial charge in [-0.05, 0) is 61.2 Å². The molecule has 1 aromatic heterocycles. The molecule has 0 bridgehead atoms. The number of anilines is 2. The molecule has 1 amide bonds. The van der Waals surface area contributed by atoms with Crippen LogP contribution in [0.15, 0.2) is 54.9 Å². The molecule has 3 rings (SSSR count). The second-order valence-corrected chi connectivity index (χ2v) is 6.57. The third kappa shape index (κ3) is 5.07. The SMILES string of the molecule is COc1cccc(CCNC(=O)c2cnc(Nc3ccc(C)c(C)c3)cn2)c1. The number of amides is 1. The highest BCUT2D eigenvalue weighted by atomic mass is 16.5. The summed E-state index contributed by atoms with van der Waals surface area (Å²) >= 11 is 0. The molecule has 2 aromatic carbocycles. The van der Waals surface area contributed by atoms with E-state index in [0.29, 0.717) is 18.8 Å². The predicted molar refractivity (Wildman–Crippen MR) is 110 cm³/mol. The normalized spacial score (nSPS) is 10.4. The van der Waals surface area contributed by atoms with Crippen LogP contribution in [0.3, 0.4) is 0 Å². The summed E-state index contributed by atoms with van der Waals surface area (Å²) in [7, 11) is 1.64. The Hall–Kier alpha value is -3.41. The molecule has 0 fully saturated rings. The molecule has 0 spiro atoms. The van der Waals surface area contributed by atoms with Crippen molar-refractivity contribution in [3.05, 3.63) is 77.2 Å². The molecule has 0 saturated heterocycles. The summed E-state index contributed by atoms with van der Waals surface area (Å²) in [4.78, 5) is 20.7. The second-order valence-electron chi connectivity index (χ2n) is 6.57. The first-order valence-electron chi connectivity index (χ1n) is 9.12. The maximum atomic E-state index is 12.3. The fourth-order valence-corrected chi connectivity index (χ4v) is 2.72. The van der Waals surface area contributed by atoms with Crippen molar-refractivity contribution in [1.29, 1.82) is 0 Å². The quantitative estimate of drug-likeness (QED) is 0.656. The summed E-state index contributed by atoms with van der Waals surface area (Å²) in [6.45, 7) is 4.64. The topological polar surface area (TPSA) is 76.1 Å². The minimum Gasteiger partial charge on any atom is -0.497 e. The van der Waals surface area contributed by atoms with E-state index in [0.717, 1.165) is 17.0 Å². The van der Waals surface area contributed by atoms with Crippen molar-refractivity contribution in [3.8, 4) is 5.75 Å². The maximum Gasteiger partial charge on any atom is 0.271 e. The number of rotatable bonds is 7. The second kappa shape index (κ2) is 8.99. The van der Waals surface area contributed by atoms with Gasteiger partial charge in [0.15, 0.2) is 0 Å². The van der Waals surface area contributed by atoms with E-state index in [1.54, 1.807) is 13.3 Å². The van der Waals surface area contributed by atoms with Crippen molar-refractivity contribution in [2.24, 2.45) is 0 Å². The zero-order valence-corrected chi connectivity index (χ0v) is 16.3. The summed E-state index contributed by atoms with van der Waals surface area (Å²) in [5, 5.41) is 6.06. The summed E-state index contributed by atoms with van der Waals surface area (Å²) in [6, 6.07) is 13.9. The van der Waals surface area contributed by atoms with Gasteiger partial charge in [0.05, 0.1) is 19.5 Å². The van der Waals surface area contributed by atoms with Gasteiger partial charge in [0.1, 0.15) is 17.3 Å². The Bertz CT molecular complexity index is 955. The summed E-state index contributed by atoms with van der Waals surface area (Å²) in [6.07, 6.45) is 3.75. The van der Waals surface area contributed by atoms with E-state index >= 15 is 0 Å². The van der Waals surface area contributed by atoms with Crippen LogP contribution < -0.4 is 15.4 Å². The number of nitrogens with zero attached hydrogens (tertiary/aromatic N) is 2. The molecule has 28 heavy (non-hydrogen) atoms. The largest absolute Gasteiger partial charge is 0.497 e. The number of hydrogen-bond donors (Lipinski definition) is 2. The van der Waals surface area contributed by atoms with Crippen molar-refractivity contribution < 1.29 is 9.53 Å². The minimum absolute atomic E-state index is 0.242. The third-order valence-corrected chi connectivity index (χ3v) is 4.50. The van der Waals surface area contributed by atoms with E-state index < -0.39 is 0 Å². The standard InChI is InChI=1S/C22H24N4O2/c1-15-7-8-18(11-16(15)2)26-21-14-24-20(13-25-21)22(27)23-10-9-17-5-4-6-19(12-17)28-3/h4-8,11-14H,9-10H2,1-3H3,(H,23,27)(H,25,26). The van der Waals surface area contributed by atoms with Crippen molar-refractivity contribution in [2.45, 2.75) is 20.3 Å². The van der Waals surface area contributed by atoms with Gasteiger partial charge in [-0.1, -0.05) is 18.2 Å². The lowest BCUT2D eigenvalue weighted by Crippen LogP contribution is -2.26. The van der Waals surface area contributed by atoms with E-state index in [4.69, 9.17) is 4.74 Å². The van der Waals surface area contributed by atoms with Gasteiger partial charge in [-0.15, -0.1) is 0 Å². The summed E-state index contributed by atoms with van der Waals surface area (Å²) in [5.74, 6) is 1.16. The molecule has 3 aromatic rings. The van der Waals surface area contributed by atoms with Gasteiger partial charge in [-0.2, -0.15) is 0 Å². The molecular weight excluding hydrogens is 352 g/mol. The molecule has 0 unspecified atom stereocenters. The fourth-order valence-electron chi connectivity index (χ4n) is 2.72. The fraction of sp³-hybridized carbons (Fsp3) is 0.227. The number of aryl methyl sites for hydroxylation is 2. The smallest absolute Gasteiger partial charge is 0.271 e. The number of hydrogen-bond acceptors (Lipinski definition) is 5. The van der Waals surface area contributed by atoms with Crippen LogP contribution in [0, 0.1) is 13.8 Å². The average molecular weight is 376 g/mol. The van der Waals surface area contributed by atoms with Crippen molar-refractivity contribution >= 4 is 17.4 Å². The van der Waals surface area contributed by atoms with E-state index in [-0.39, 0.29) is 11.6 Å². The Morgan fingerprint density at radius 1 is 1.04 bits per heavy atom. The number of carbonyl (C=O) groups excluding carboxylic acids is 1. The van der Waals surface area contributed by atoms with Crippen molar-refractivity contribution in [3.63, 3.8) is 0 Å². The number of nitrogens with one attached hydrogen (secondary N) is 2. The first kappa shape index (κ1) is 19.4. The molecule has 6 heteroatoms. The first-order chi connectivity index (χ1) is 13.5. The molecule has 0 radical (unpaired) electrons. The van der Waals surface area contributed by atoms with Gasteiger partial charge in [0.2, 0.25) is 0 Å². The van der Waals surface area contributed by atoms with Crippen molar-refractivity contribution in [1.82, 2.24) is 15.3 Å². The van der Waals surface area contributed by atoms with E-state index in [1.165, 1.54) is 17.3 Å². The number of benzene rings is 2. The monoisotopic (exact) mass is 376 g/mol. The molecule has 0 aliphatic rings. The van der Waals surface area contributed by atoms with Gasteiger partial charge >= 0.3 is 0 Å². The molecule has 0 atom stereocenters. The zero-order chi connectivity index (χ0) is 19.9. The van der Waals surface area contributed by atoms with E-state index in [2.05, 4.69) is 46.6 Å². The number of carbonyl (C=O) groups is 1. The lowest BCUT2D eigenvalue weighted by atomic mass is 10.1. The Morgan fingerprint density at radius 2 is 1.89 bits per heavy atom. The Kier molecular flexibility index (Phi) is 6.22. The van der Waals surface area contributed by atoms with Crippen LogP contribution in [0.4, 0.5) is 11.5 Å². The highest BCUT2D eigenvalue weighted by molar-refractivity contribution is 5.92. The van der Waals surface area contributed by atoms with Crippen LogP contribution in [-0.2, 0) is 6.42 Å². The van der Waals surface area contributed by atoms with E-state index in [1.807, 2.05) is 30.3 Å². The van der Waals surface area contributed by atoms with E-state index in [9.17, 15) is 4.79 Å². The molecule has 6 nitrogen and oxygen atoms in total. The van der Waals surface area contributed by atoms with Gasteiger partial charge in [0, 0.05) is 12.2 Å². The number of methoxy groups -OCH3 is 1. The van der Waals surface area contributed by atoms with Crippen molar-refractivity contribution in [2.75, 3.05) is 19.0 Å². The zero-order valence-electron chi connectivity index (χ0n) is 16.3. The predicted octanol–water partition coefficient (Wildman–Crippen LogP) is 3.82. The van der Waals surface area contributed by atoms with Crippen LogP contribution in [0.25, 0.3) is 0 Å². The molecule has 2 N–H and O–H groups in total. The van der Waals surface area contributed by atoms with Crippen LogP contribution in [0.1, 0.15) is 27.2 Å². The average Bonchev–Trinajstić information content (AvgIpc) is 2.71. The van der Waals surface area contributed by atoms with Gasteiger partial charge in [-0.25, -0.2) is 9.97 Å². The Labute approximate surface area is 165 Å². The summed E-state index contributed by atoms with van der Waals surface area (Å²) < 4.78 is 5.21. The number of ether oxygens (including phenoxy) is 1. The first-order valence-corrected chi connectivity index (χ1v) is 9.12. The molecule has 0 aliphatic heterocycles. The van der Waals surface area contributed by atoms with Gasteiger partial charge in [-0.3, -0.25) is 4.79 Å². The lowest BCUT2D eigenvalue weighted by molar-refractivity contribution is 0.0949. The molecule has 1 heterocycles. The molecule has 0 aliphatic carbocycles. The number of aromatic nitrogens is 2. The summed E-state index contributed by atoms with van der Waals surface area (Å²) in [5.41, 5.74) is 4.76. The Balaban J connectivity index is 1.53. The lowest BCUT2D eigenvalue weighted by Gasteiger charge is -2.09. The van der Waals surface area contributed by atoms with Gasteiger partial charge in [0.25, 0.3) is 5.91 Å².